The van der Waals surface area contributed by atoms with Crippen molar-refractivity contribution in [3.8, 4) is 0 Å². The maximum absolute atomic E-state index is 10.3. The zero-order chi connectivity index (χ0) is 12.8. The largest absolute Gasteiger partial charge is 0.435 e. The van der Waals surface area contributed by atoms with E-state index in [1.54, 1.807) is 0 Å². The van der Waals surface area contributed by atoms with E-state index in [9.17, 15) is 9.59 Å². The molecule has 0 aliphatic rings. The summed E-state index contributed by atoms with van der Waals surface area (Å²) in [7, 11) is 0. The quantitative estimate of drug-likeness (QED) is 0.518. The van der Waals surface area contributed by atoms with Crippen molar-refractivity contribution in [2.75, 3.05) is 0 Å². The second kappa shape index (κ2) is 13.4. The highest BCUT2D eigenvalue weighted by atomic mass is 16.5. The van der Waals surface area contributed by atoms with E-state index in [0.717, 1.165) is 25.4 Å². The molecular formula is C12H20O4. The molecule has 0 aliphatic heterocycles. The van der Waals surface area contributed by atoms with Crippen LogP contribution in [0.4, 0.5) is 0 Å². The Morgan fingerprint density at radius 2 is 1.25 bits per heavy atom. The molecule has 0 fully saturated rings. The van der Waals surface area contributed by atoms with Gasteiger partial charge in [0.1, 0.15) is 0 Å². The summed E-state index contributed by atoms with van der Waals surface area (Å²) in [5.74, 6) is -0.412. The van der Waals surface area contributed by atoms with Gasteiger partial charge in [-0.1, -0.05) is 27.0 Å². The third-order valence-electron chi connectivity index (χ3n) is 1.34. The van der Waals surface area contributed by atoms with E-state index in [4.69, 9.17) is 0 Å². The van der Waals surface area contributed by atoms with Crippen LogP contribution in [-0.4, -0.2) is 11.9 Å². The van der Waals surface area contributed by atoms with Gasteiger partial charge in [-0.2, -0.15) is 0 Å². The van der Waals surface area contributed by atoms with Crippen molar-refractivity contribution in [1.29, 1.82) is 0 Å². The molecule has 0 radical (unpaired) electrons. The molecule has 0 saturated heterocycles. The standard InChI is InChI=1S/2C6H10O2/c2*1-3-5-6(7)8-4-2/h2*4H,2-3,5H2,1H3. The summed E-state index contributed by atoms with van der Waals surface area (Å²) in [5.41, 5.74) is 0. The molecule has 0 heterocycles. The molecule has 0 saturated carbocycles. The van der Waals surface area contributed by atoms with E-state index >= 15 is 0 Å². The van der Waals surface area contributed by atoms with Crippen molar-refractivity contribution >= 4 is 11.9 Å². The summed E-state index contributed by atoms with van der Waals surface area (Å²) in [5, 5.41) is 0. The van der Waals surface area contributed by atoms with Gasteiger partial charge in [0, 0.05) is 12.8 Å². The van der Waals surface area contributed by atoms with Crippen molar-refractivity contribution in [1.82, 2.24) is 0 Å². The molecule has 0 aromatic heterocycles. The number of carbonyl (C=O) groups is 2. The first kappa shape index (κ1) is 16.8. The van der Waals surface area contributed by atoms with Gasteiger partial charge >= 0.3 is 11.9 Å². The third-order valence-corrected chi connectivity index (χ3v) is 1.34. The van der Waals surface area contributed by atoms with E-state index in [1.807, 2.05) is 13.8 Å². The Hall–Kier alpha value is -1.58. The van der Waals surface area contributed by atoms with Crippen LogP contribution in [0, 0.1) is 0 Å². The summed E-state index contributed by atoms with van der Waals surface area (Å²) in [4.78, 5) is 20.7. The lowest BCUT2D eigenvalue weighted by atomic mass is 10.3. The first-order valence-corrected chi connectivity index (χ1v) is 5.23. The minimum absolute atomic E-state index is 0.206. The molecular weight excluding hydrogens is 208 g/mol. The lowest BCUT2D eigenvalue weighted by Gasteiger charge is -1.92. The highest BCUT2D eigenvalue weighted by Gasteiger charge is 1.94. The van der Waals surface area contributed by atoms with Crippen LogP contribution in [0.3, 0.4) is 0 Å². The summed E-state index contributed by atoms with van der Waals surface area (Å²) < 4.78 is 8.81. The third kappa shape index (κ3) is 14.9. The zero-order valence-corrected chi connectivity index (χ0v) is 10.0. The number of rotatable bonds is 6. The SMILES string of the molecule is C=COC(=O)CCC.C=COC(=O)CCC. The number of ether oxygens (including phenoxy) is 2. The molecule has 0 N–H and O–H groups in total. The van der Waals surface area contributed by atoms with Crippen LogP contribution in [-0.2, 0) is 19.1 Å². The van der Waals surface area contributed by atoms with Crippen molar-refractivity contribution in [3.63, 3.8) is 0 Å². The first-order chi connectivity index (χ1) is 7.62. The maximum atomic E-state index is 10.3. The molecule has 0 aliphatic carbocycles. The Bertz CT molecular complexity index is 197. The van der Waals surface area contributed by atoms with Crippen LogP contribution >= 0.6 is 0 Å². The van der Waals surface area contributed by atoms with Gasteiger partial charge in [-0.05, 0) is 12.8 Å². The molecule has 16 heavy (non-hydrogen) atoms. The average Bonchev–Trinajstić information content (AvgIpc) is 2.20. The molecule has 0 aromatic rings. The van der Waals surface area contributed by atoms with Gasteiger partial charge in [0.05, 0.1) is 12.5 Å². The fraction of sp³-hybridized carbons (Fsp3) is 0.500. The average molecular weight is 228 g/mol. The van der Waals surface area contributed by atoms with E-state index < -0.39 is 0 Å². The summed E-state index contributed by atoms with van der Waals surface area (Å²) in [6, 6.07) is 0. The minimum atomic E-state index is -0.206. The van der Waals surface area contributed by atoms with Crippen LogP contribution in [0.5, 0.6) is 0 Å². The van der Waals surface area contributed by atoms with Gasteiger partial charge in [0.2, 0.25) is 0 Å². The predicted molar refractivity (Wildman–Crippen MR) is 62.4 cm³/mol. The van der Waals surface area contributed by atoms with Gasteiger partial charge in [-0.25, -0.2) is 0 Å². The molecule has 92 valence electrons. The second-order valence-corrected chi connectivity index (χ2v) is 2.81. The Labute approximate surface area is 96.9 Å². The summed E-state index contributed by atoms with van der Waals surface area (Å²) in [6.45, 7) is 10.3. The van der Waals surface area contributed by atoms with E-state index in [0.29, 0.717) is 12.8 Å². The summed E-state index contributed by atoms with van der Waals surface area (Å²) >= 11 is 0. The Kier molecular flexibility index (Phi) is 14.1. The maximum Gasteiger partial charge on any atom is 0.310 e. The van der Waals surface area contributed by atoms with Crippen molar-refractivity contribution in [2.24, 2.45) is 0 Å². The van der Waals surface area contributed by atoms with E-state index in [1.165, 1.54) is 0 Å². The van der Waals surface area contributed by atoms with Crippen LogP contribution in [0.1, 0.15) is 39.5 Å². The monoisotopic (exact) mass is 228 g/mol. The molecule has 0 atom stereocenters. The van der Waals surface area contributed by atoms with Crippen LogP contribution < -0.4 is 0 Å². The Morgan fingerprint density at radius 3 is 1.44 bits per heavy atom. The lowest BCUT2D eigenvalue weighted by Crippen LogP contribution is -1.96. The second-order valence-electron chi connectivity index (χ2n) is 2.81. The minimum Gasteiger partial charge on any atom is -0.435 e. The van der Waals surface area contributed by atoms with Crippen LogP contribution in [0.2, 0.25) is 0 Å². The smallest absolute Gasteiger partial charge is 0.310 e. The molecule has 0 unspecified atom stereocenters. The Morgan fingerprint density at radius 1 is 0.938 bits per heavy atom. The van der Waals surface area contributed by atoms with Gasteiger partial charge in [-0.15, -0.1) is 0 Å². The van der Waals surface area contributed by atoms with Crippen molar-refractivity contribution in [3.05, 3.63) is 25.7 Å². The fourth-order valence-corrected chi connectivity index (χ4v) is 0.712. The number of esters is 2. The van der Waals surface area contributed by atoms with E-state index in [2.05, 4.69) is 22.6 Å². The van der Waals surface area contributed by atoms with Gasteiger partial charge in [0.15, 0.2) is 0 Å². The van der Waals surface area contributed by atoms with Crippen molar-refractivity contribution < 1.29 is 19.1 Å². The number of hydrogen-bond acceptors (Lipinski definition) is 4. The normalized spacial score (nSPS) is 8.12. The molecule has 0 amide bonds. The summed E-state index contributed by atoms with van der Waals surface area (Å²) in [6.07, 6.45) is 4.91. The van der Waals surface area contributed by atoms with Crippen LogP contribution in [0.15, 0.2) is 25.7 Å². The van der Waals surface area contributed by atoms with Gasteiger partial charge in [0.25, 0.3) is 0 Å². The fourth-order valence-electron chi connectivity index (χ4n) is 0.712. The zero-order valence-electron chi connectivity index (χ0n) is 10.0. The van der Waals surface area contributed by atoms with Crippen molar-refractivity contribution in [2.45, 2.75) is 39.5 Å². The Balaban J connectivity index is 0. The predicted octanol–water partition coefficient (Wildman–Crippen LogP) is 2.95. The number of carbonyl (C=O) groups excluding carboxylic acids is 2. The molecule has 0 bridgehead atoms. The van der Waals surface area contributed by atoms with Gasteiger partial charge < -0.3 is 9.47 Å². The lowest BCUT2D eigenvalue weighted by molar-refractivity contribution is -0.138. The van der Waals surface area contributed by atoms with Crippen LogP contribution in [0.25, 0.3) is 0 Å². The first-order valence-electron chi connectivity index (χ1n) is 5.23. The molecule has 0 spiro atoms. The molecule has 0 aromatic carbocycles. The molecule has 4 heteroatoms. The molecule has 4 nitrogen and oxygen atoms in total. The topological polar surface area (TPSA) is 52.6 Å². The highest BCUT2D eigenvalue weighted by Crippen LogP contribution is 1.90. The van der Waals surface area contributed by atoms with E-state index in [-0.39, 0.29) is 11.9 Å². The molecule has 0 rings (SSSR count). The number of hydrogen-bond donors (Lipinski definition) is 0. The van der Waals surface area contributed by atoms with Gasteiger partial charge in [-0.3, -0.25) is 9.59 Å². The highest BCUT2D eigenvalue weighted by molar-refractivity contribution is 5.70.